The van der Waals surface area contributed by atoms with E-state index in [0.29, 0.717) is 11.6 Å². The standard InChI is InChI=1S/C14H18ClNO3/c1-16-8-7-12(10-3-5-11(15)6-4-10)13(9-16)19-14(17)18-2/h3-6,12-13H,7-9H2,1-2H3/t12-,13+/m1/s1. The molecule has 2 atom stereocenters. The first-order chi connectivity index (χ1) is 9.10. The normalized spacial score (nSPS) is 23.9. The van der Waals surface area contributed by atoms with Gasteiger partial charge in [-0.3, -0.25) is 0 Å². The lowest BCUT2D eigenvalue weighted by Gasteiger charge is -2.36. The average Bonchev–Trinajstić information content (AvgIpc) is 2.40. The molecule has 1 aliphatic rings. The van der Waals surface area contributed by atoms with Gasteiger partial charge >= 0.3 is 6.16 Å². The second-order valence-electron chi connectivity index (χ2n) is 4.82. The van der Waals surface area contributed by atoms with Gasteiger partial charge < -0.3 is 14.4 Å². The molecule has 0 saturated carbocycles. The number of hydrogen-bond donors (Lipinski definition) is 0. The zero-order valence-corrected chi connectivity index (χ0v) is 11.9. The lowest BCUT2D eigenvalue weighted by molar-refractivity contribution is -0.00190. The molecule has 1 aromatic rings. The van der Waals surface area contributed by atoms with Crippen molar-refractivity contribution < 1.29 is 14.3 Å². The van der Waals surface area contributed by atoms with E-state index in [1.807, 2.05) is 31.3 Å². The van der Waals surface area contributed by atoms with Crippen LogP contribution in [0.25, 0.3) is 0 Å². The van der Waals surface area contributed by atoms with Gasteiger partial charge in [-0.25, -0.2) is 4.79 Å². The van der Waals surface area contributed by atoms with Crippen molar-refractivity contribution in [3.63, 3.8) is 0 Å². The highest BCUT2D eigenvalue weighted by molar-refractivity contribution is 6.30. The van der Waals surface area contributed by atoms with Gasteiger partial charge in [0.25, 0.3) is 0 Å². The molecule has 104 valence electrons. The smallest absolute Gasteiger partial charge is 0.438 e. The molecule has 1 saturated heterocycles. The summed E-state index contributed by atoms with van der Waals surface area (Å²) in [6.45, 7) is 1.69. The molecule has 5 heteroatoms. The Hall–Kier alpha value is -1.26. The Morgan fingerprint density at radius 2 is 2.05 bits per heavy atom. The van der Waals surface area contributed by atoms with Crippen molar-refractivity contribution in [3.05, 3.63) is 34.9 Å². The van der Waals surface area contributed by atoms with Crippen molar-refractivity contribution in [2.45, 2.75) is 18.4 Å². The van der Waals surface area contributed by atoms with Gasteiger partial charge in [-0.05, 0) is 37.7 Å². The van der Waals surface area contributed by atoms with Gasteiger partial charge in [0.15, 0.2) is 0 Å². The minimum Gasteiger partial charge on any atom is -0.438 e. The predicted molar refractivity (Wildman–Crippen MR) is 73.6 cm³/mol. The van der Waals surface area contributed by atoms with Crippen LogP contribution in [0, 0.1) is 0 Å². The van der Waals surface area contributed by atoms with Crippen molar-refractivity contribution in [2.24, 2.45) is 0 Å². The summed E-state index contributed by atoms with van der Waals surface area (Å²) in [6.07, 6.45) is 0.131. The van der Waals surface area contributed by atoms with Gasteiger partial charge in [-0.2, -0.15) is 0 Å². The summed E-state index contributed by atoms with van der Waals surface area (Å²) in [4.78, 5) is 13.5. The first kappa shape index (κ1) is 14.2. The van der Waals surface area contributed by atoms with E-state index in [1.54, 1.807) is 0 Å². The molecular weight excluding hydrogens is 266 g/mol. The van der Waals surface area contributed by atoms with E-state index in [9.17, 15) is 4.79 Å². The molecule has 0 amide bonds. The van der Waals surface area contributed by atoms with Crippen LogP contribution in [-0.4, -0.2) is 44.4 Å². The predicted octanol–water partition coefficient (Wildman–Crippen LogP) is 2.91. The number of likely N-dealkylation sites (N-methyl/N-ethyl adjacent to an activating group) is 1. The number of carbonyl (C=O) groups excluding carboxylic acids is 1. The molecule has 0 aliphatic carbocycles. The zero-order chi connectivity index (χ0) is 13.8. The fourth-order valence-electron chi connectivity index (χ4n) is 2.45. The van der Waals surface area contributed by atoms with Crippen LogP contribution in [0.1, 0.15) is 17.9 Å². The number of carbonyl (C=O) groups is 1. The SMILES string of the molecule is COC(=O)O[C@H]1CN(C)CC[C@@H]1c1ccc(Cl)cc1. The molecule has 1 aromatic carbocycles. The highest BCUT2D eigenvalue weighted by Gasteiger charge is 2.32. The fourth-order valence-corrected chi connectivity index (χ4v) is 2.58. The van der Waals surface area contributed by atoms with Crippen LogP contribution < -0.4 is 0 Å². The number of likely N-dealkylation sites (tertiary alicyclic amines) is 1. The Kier molecular flexibility index (Phi) is 4.66. The molecule has 2 rings (SSSR count). The third kappa shape index (κ3) is 3.61. The van der Waals surface area contributed by atoms with E-state index < -0.39 is 6.16 Å². The van der Waals surface area contributed by atoms with Gasteiger partial charge in [-0.15, -0.1) is 0 Å². The number of methoxy groups -OCH3 is 1. The monoisotopic (exact) mass is 283 g/mol. The zero-order valence-electron chi connectivity index (χ0n) is 11.1. The Bertz CT molecular complexity index is 435. The number of halogens is 1. The van der Waals surface area contributed by atoms with E-state index in [4.69, 9.17) is 16.3 Å². The van der Waals surface area contributed by atoms with Crippen molar-refractivity contribution >= 4 is 17.8 Å². The molecule has 0 radical (unpaired) electrons. The van der Waals surface area contributed by atoms with E-state index in [2.05, 4.69) is 9.64 Å². The Morgan fingerprint density at radius 3 is 2.68 bits per heavy atom. The van der Waals surface area contributed by atoms with Gasteiger partial charge in [-0.1, -0.05) is 23.7 Å². The first-order valence-electron chi connectivity index (χ1n) is 6.28. The maximum atomic E-state index is 11.3. The van der Waals surface area contributed by atoms with Crippen molar-refractivity contribution in [1.82, 2.24) is 4.90 Å². The van der Waals surface area contributed by atoms with Crippen LogP contribution in [0.5, 0.6) is 0 Å². The number of hydrogen-bond acceptors (Lipinski definition) is 4. The number of piperidine rings is 1. The maximum Gasteiger partial charge on any atom is 0.508 e. The van der Waals surface area contributed by atoms with Crippen LogP contribution in [0.15, 0.2) is 24.3 Å². The van der Waals surface area contributed by atoms with Crippen LogP contribution in [0.2, 0.25) is 5.02 Å². The maximum absolute atomic E-state index is 11.3. The molecule has 1 heterocycles. The summed E-state index contributed by atoms with van der Waals surface area (Å²) < 4.78 is 9.96. The van der Waals surface area contributed by atoms with E-state index in [0.717, 1.165) is 18.5 Å². The van der Waals surface area contributed by atoms with Crippen molar-refractivity contribution in [2.75, 3.05) is 27.2 Å². The average molecular weight is 284 g/mol. The first-order valence-corrected chi connectivity index (χ1v) is 6.66. The molecule has 0 N–H and O–H groups in total. The summed E-state index contributed by atoms with van der Waals surface area (Å²) in [5.41, 5.74) is 1.14. The lowest BCUT2D eigenvalue weighted by atomic mass is 9.87. The molecule has 4 nitrogen and oxygen atoms in total. The van der Waals surface area contributed by atoms with Crippen LogP contribution >= 0.6 is 11.6 Å². The van der Waals surface area contributed by atoms with Gasteiger partial charge in [0.05, 0.1) is 7.11 Å². The summed E-state index contributed by atoms with van der Waals surface area (Å²) in [5, 5.41) is 0.710. The summed E-state index contributed by atoms with van der Waals surface area (Å²) in [6, 6.07) is 7.72. The highest BCUT2D eigenvalue weighted by Crippen LogP contribution is 2.30. The Morgan fingerprint density at radius 1 is 1.37 bits per heavy atom. The quantitative estimate of drug-likeness (QED) is 0.783. The van der Waals surface area contributed by atoms with E-state index in [1.165, 1.54) is 7.11 Å². The van der Waals surface area contributed by atoms with Crippen LogP contribution in [-0.2, 0) is 9.47 Å². The molecule has 19 heavy (non-hydrogen) atoms. The number of rotatable bonds is 2. The molecule has 0 unspecified atom stereocenters. The molecule has 0 bridgehead atoms. The van der Waals surface area contributed by atoms with Crippen LogP contribution in [0.3, 0.4) is 0 Å². The van der Waals surface area contributed by atoms with E-state index in [-0.39, 0.29) is 12.0 Å². The third-order valence-electron chi connectivity index (χ3n) is 3.47. The third-order valence-corrected chi connectivity index (χ3v) is 3.73. The summed E-state index contributed by atoms with van der Waals surface area (Å²) in [5.74, 6) is 0.188. The Labute approximate surface area is 118 Å². The minimum atomic E-state index is -0.626. The Balaban J connectivity index is 2.15. The second kappa shape index (κ2) is 6.26. The van der Waals surface area contributed by atoms with Crippen molar-refractivity contribution in [1.29, 1.82) is 0 Å². The van der Waals surface area contributed by atoms with E-state index >= 15 is 0 Å². The molecule has 1 fully saturated rings. The van der Waals surface area contributed by atoms with Gasteiger partial charge in [0, 0.05) is 17.5 Å². The highest BCUT2D eigenvalue weighted by atomic mass is 35.5. The van der Waals surface area contributed by atoms with Crippen LogP contribution in [0.4, 0.5) is 4.79 Å². The molecule has 1 aliphatic heterocycles. The minimum absolute atomic E-state index is 0.188. The van der Waals surface area contributed by atoms with Gasteiger partial charge in [0.2, 0.25) is 0 Å². The van der Waals surface area contributed by atoms with Gasteiger partial charge in [0.1, 0.15) is 6.10 Å². The topological polar surface area (TPSA) is 38.8 Å². The number of ether oxygens (including phenoxy) is 2. The summed E-state index contributed by atoms with van der Waals surface area (Å²) >= 11 is 5.90. The fraction of sp³-hybridized carbons (Fsp3) is 0.500. The molecule has 0 spiro atoms. The summed E-state index contributed by atoms with van der Waals surface area (Å²) in [7, 11) is 3.35. The molecular formula is C14H18ClNO3. The molecule has 0 aromatic heterocycles. The number of benzene rings is 1. The number of nitrogens with zero attached hydrogens (tertiary/aromatic N) is 1. The lowest BCUT2D eigenvalue weighted by Crippen LogP contribution is -2.43. The van der Waals surface area contributed by atoms with Crippen molar-refractivity contribution in [3.8, 4) is 0 Å². The largest absolute Gasteiger partial charge is 0.508 e. The second-order valence-corrected chi connectivity index (χ2v) is 5.26.